The summed E-state index contributed by atoms with van der Waals surface area (Å²) in [7, 11) is 0. The Bertz CT molecular complexity index is 148. The van der Waals surface area contributed by atoms with Gasteiger partial charge in [-0.05, 0) is 46.4 Å². The molecule has 10 heavy (non-hydrogen) atoms. The standard InChI is InChI=1S/C7H11IO2/c1-5(8)3-4-7(10)6(2)9/h3,7,10H,4H2,1-2H3/b5-3-/t7-/m0/s1. The molecule has 0 spiro atoms. The van der Waals surface area contributed by atoms with Crippen molar-refractivity contribution in [1.82, 2.24) is 0 Å². The first-order chi connectivity index (χ1) is 4.54. The SMILES string of the molecule is CC(=O)[C@@H](O)C/C=C(/C)I. The lowest BCUT2D eigenvalue weighted by Gasteiger charge is -2.00. The summed E-state index contributed by atoms with van der Waals surface area (Å²) < 4.78 is 1.10. The maximum atomic E-state index is 10.5. The van der Waals surface area contributed by atoms with Crippen molar-refractivity contribution in [1.29, 1.82) is 0 Å². The smallest absolute Gasteiger partial charge is 0.158 e. The maximum absolute atomic E-state index is 10.5. The van der Waals surface area contributed by atoms with Crippen LogP contribution in [0, 0.1) is 0 Å². The van der Waals surface area contributed by atoms with Gasteiger partial charge in [0.1, 0.15) is 6.10 Å². The summed E-state index contributed by atoms with van der Waals surface area (Å²) in [6.45, 7) is 3.31. The van der Waals surface area contributed by atoms with Gasteiger partial charge in [0, 0.05) is 0 Å². The molecular formula is C7H11IO2. The third-order valence-electron chi connectivity index (χ3n) is 1.09. The van der Waals surface area contributed by atoms with Crippen LogP contribution < -0.4 is 0 Å². The van der Waals surface area contributed by atoms with Gasteiger partial charge in [0.05, 0.1) is 0 Å². The predicted molar refractivity (Wildman–Crippen MR) is 49.1 cm³/mol. The number of aliphatic hydroxyl groups excluding tert-OH is 1. The number of hydrogen-bond acceptors (Lipinski definition) is 2. The molecule has 0 radical (unpaired) electrons. The van der Waals surface area contributed by atoms with Crippen LogP contribution in [-0.2, 0) is 4.79 Å². The Hall–Kier alpha value is 0.100. The van der Waals surface area contributed by atoms with E-state index in [1.54, 1.807) is 0 Å². The molecule has 0 heterocycles. The van der Waals surface area contributed by atoms with E-state index in [0.29, 0.717) is 6.42 Å². The minimum absolute atomic E-state index is 0.172. The van der Waals surface area contributed by atoms with Gasteiger partial charge < -0.3 is 5.11 Å². The Morgan fingerprint density at radius 2 is 2.20 bits per heavy atom. The molecule has 0 saturated heterocycles. The monoisotopic (exact) mass is 254 g/mol. The Balaban J connectivity index is 3.70. The highest BCUT2D eigenvalue weighted by Gasteiger charge is 2.06. The van der Waals surface area contributed by atoms with Crippen molar-refractivity contribution in [3.8, 4) is 0 Å². The lowest BCUT2D eigenvalue weighted by atomic mass is 10.2. The van der Waals surface area contributed by atoms with Crippen molar-refractivity contribution in [2.24, 2.45) is 0 Å². The molecule has 58 valence electrons. The van der Waals surface area contributed by atoms with Crippen LogP contribution in [0.5, 0.6) is 0 Å². The van der Waals surface area contributed by atoms with Gasteiger partial charge >= 0.3 is 0 Å². The van der Waals surface area contributed by atoms with Crippen molar-refractivity contribution in [3.05, 3.63) is 9.66 Å². The van der Waals surface area contributed by atoms with Crippen LogP contribution in [0.25, 0.3) is 0 Å². The maximum Gasteiger partial charge on any atom is 0.158 e. The number of aliphatic hydroxyl groups is 1. The average molecular weight is 254 g/mol. The highest BCUT2D eigenvalue weighted by Crippen LogP contribution is 2.06. The topological polar surface area (TPSA) is 37.3 Å². The van der Waals surface area contributed by atoms with Crippen LogP contribution in [0.2, 0.25) is 0 Å². The molecule has 0 aliphatic rings. The highest BCUT2D eigenvalue weighted by atomic mass is 127. The first-order valence-corrected chi connectivity index (χ1v) is 4.12. The van der Waals surface area contributed by atoms with Crippen LogP contribution in [0.4, 0.5) is 0 Å². The van der Waals surface area contributed by atoms with E-state index >= 15 is 0 Å². The molecule has 0 aromatic rings. The van der Waals surface area contributed by atoms with Gasteiger partial charge in [-0.2, -0.15) is 0 Å². The molecule has 1 atom stereocenters. The van der Waals surface area contributed by atoms with Crippen LogP contribution in [0.15, 0.2) is 9.66 Å². The molecule has 0 fully saturated rings. The zero-order valence-electron chi connectivity index (χ0n) is 6.10. The van der Waals surface area contributed by atoms with Crippen molar-refractivity contribution in [3.63, 3.8) is 0 Å². The third-order valence-corrected chi connectivity index (χ3v) is 1.53. The van der Waals surface area contributed by atoms with E-state index in [1.165, 1.54) is 6.92 Å². The molecule has 0 aliphatic heterocycles. The zero-order chi connectivity index (χ0) is 8.15. The second-order valence-electron chi connectivity index (χ2n) is 2.15. The largest absolute Gasteiger partial charge is 0.385 e. The summed E-state index contributed by atoms with van der Waals surface area (Å²) >= 11 is 2.14. The number of ketones is 1. The van der Waals surface area contributed by atoms with Crippen LogP contribution >= 0.6 is 22.6 Å². The summed E-state index contributed by atoms with van der Waals surface area (Å²) in [6.07, 6.45) is 1.46. The second-order valence-corrected chi connectivity index (χ2v) is 3.85. The fourth-order valence-corrected chi connectivity index (χ4v) is 0.694. The Kier molecular flexibility index (Phi) is 4.89. The Morgan fingerprint density at radius 1 is 1.70 bits per heavy atom. The second kappa shape index (κ2) is 4.85. The van der Waals surface area contributed by atoms with Crippen molar-refractivity contribution < 1.29 is 9.90 Å². The molecule has 0 aromatic carbocycles. The van der Waals surface area contributed by atoms with Crippen LogP contribution in [0.1, 0.15) is 20.3 Å². The van der Waals surface area contributed by atoms with Gasteiger partial charge in [-0.3, -0.25) is 4.79 Å². The van der Waals surface area contributed by atoms with E-state index in [0.717, 1.165) is 3.58 Å². The van der Waals surface area contributed by atoms with Crippen molar-refractivity contribution >= 4 is 28.4 Å². The fourth-order valence-electron chi connectivity index (χ4n) is 0.440. The molecule has 0 aliphatic carbocycles. The number of Topliss-reactive ketones (excluding diaryl/α,β-unsaturated/α-hetero) is 1. The number of allylic oxidation sites excluding steroid dienone is 1. The lowest BCUT2D eigenvalue weighted by molar-refractivity contribution is -0.124. The quantitative estimate of drug-likeness (QED) is 0.778. The number of halogens is 1. The molecule has 0 aromatic heterocycles. The molecule has 0 unspecified atom stereocenters. The van der Waals surface area contributed by atoms with E-state index in [-0.39, 0.29) is 5.78 Å². The van der Waals surface area contributed by atoms with Gasteiger partial charge in [0.25, 0.3) is 0 Å². The van der Waals surface area contributed by atoms with Crippen molar-refractivity contribution in [2.75, 3.05) is 0 Å². The highest BCUT2D eigenvalue weighted by molar-refractivity contribution is 14.1. The molecule has 0 rings (SSSR count). The van der Waals surface area contributed by atoms with E-state index in [1.807, 2.05) is 13.0 Å². The van der Waals surface area contributed by atoms with Gasteiger partial charge in [0.2, 0.25) is 0 Å². The number of rotatable bonds is 3. The Labute approximate surface area is 74.5 Å². The molecule has 3 heteroatoms. The normalized spacial score (nSPS) is 15.0. The van der Waals surface area contributed by atoms with E-state index in [9.17, 15) is 4.79 Å². The number of carbonyl (C=O) groups excluding carboxylic acids is 1. The first kappa shape index (κ1) is 10.1. The zero-order valence-corrected chi connectivity index (χ0v) is 8.25. The molecule has 0 saturated carbocycles. The summed E-state index contributed by atoms with van der Waals surface area (Å²) in [5.41, 5.74) is 0. The summed E-state index contributed by atoms with van der Waals surface area (Å²) in [6, 6.07) is 0. The number of carbonyl (C=O) groups is 1. The lowest BCUT2D eigenvalue weighted by Crippen LogP contribution is -2.15. The van der Waals surface area contributed by atoms with E-state index in [4.69, 9.17) is 5.11 Å². The minimum Gasteiger partial charge on any atom is -0.385 e. The average Bonchev–Trinajstić information content (AvgIpc) is 1.82. The first-order valence-electron chi connectivity index (χ1n) is 3.05. The van der Waals surface area contributed by atoms with Crippen LogP contribution in [-0.4, -0.2) is 17.0 Å². The molecule has 0 amide bonds. The fraction of sp³-hybridized carbons (Fsp3) is 0.571. The molecule has 2 nitrogen and oxygen atoms in total. The number of hydrogen-bond donors (Lipinski definition) is 1. The minimum atomic E-state index is -0.815. The third kappa shape index (κ3) is 4.93. The van der Waals surface area contributed by atoms with Gasteiger partial charge in [0.15, 0.2) is 5.78 Å². The molecular weight excluding hydrogens is 243 g/mol. The van der Waals surface area contributed by atoms with Crippen molar-refractivity contribution in [2.45, 2.75) is 26.4 Å². The predicted octanol–water partition coefficient (Wildman–Crippen LogP) is 1.67. The van der Waals surface area contributed by atoms with E-state index in [2.05, 4.69) is 22.6 Å². The summed E-state index contributed by atoms with van der Waals surface area (Å²) in [4.78, 5) is 10.5. The molecule has 1 N–H and O–H groups in total. The Morgan fingerprint density at radius 3 is 2.50 bits per heavy atom. The van der Waals surface area contributed by atoms with Gasteiger partial charge in [-0.1, -0.05) is 6.08 Å². The molecule has 0 bridgehead atoms. The van der Waals surface area contributed by atoms with Crippen LogP contribution in [0.3, 0.4) is 0 Å². The summed E-state index contributed by atoms with van der Waals surface area (Å²) in [5.74, 6) is -0.172. The van der Waals surface area contributed by atoms with Gasteiger partial charge in [-0.25, -0.2) is 0 Å². The van der Waals surface area contributed by atoms with E-state index < -0.39 is 6.10 Å². The summed E-state index contributed by atoms with van der Waals surface area (Å²) in [5, 5.41) is 8.98. The van der Waals surface area contributed by atoms with Gasteiger partial charge in [-0.15, -0.1) is 0 Å².